The average Bonchev–Trinajstić information content (AvgIpc) is 2.52. The molecule has 0 unspecified atom stereocenters. The van der Waals surface area contributed by atoms with Crippen molar-refractivity contribution in [3.63, 3.8) is 0 Å². The van der Waals surface area contributed by atoms with Gasteiger partial charge in [0.05, 0.1) is 0 Å². The van der Waals surface area contributed by atoms with Gasteiger partial charge in [0.2, 0.25) is 0 Å². The summed E-state index contributed by atoms with van der Waals surface area (Å²) in [4.78, 5) is 0. The van der Waals surface area contributed by atoms with Gasteiger partial charge in [-0.3, -0.25) is 0 Å². The highest BCUT2D eigenvalue weighted by molar-refractivity contribution is 5.85. The number of hydrogen-bond donors (Lipinski definition) is 0. The summed E-state index contributed by atoms with van der Waals surface area (Å²) in [5.74, 6) is 0. The maximum Gasteiger partial charge on any atom is 0.181 e. The summed E-state index contributed by atoms with van der Waals surface area (Å²) < 4.78 is 2.41. The third-order valence-electron chi connectivity index (χ3n) is 4.87. The van der Waals surface area contributed by atoms with Crippen LogP contribution in [-0.4, -0.2) is 0 Å². The molecule has 1 aromatic rings. The Bertz CT molecular complexity index is 389. The van der Waals surface area contributed by atoms with Crippen molar-refractivity contribution in [1.29, 1.82) is 0 Å². The fourth-order valence-electron chi connectivity index (χ4n) is 3.12. The molecule has 0 saturated carbocycles. The van der Waals surface area contributed by atoms with E-state index in [-0.39, 0.29) is 12.4 Å². The Morgan fingerprint density at radius 3 is 1.74 bits per heavy atom. The standard InChI is InChI=1S/C21H38N.ClH/c1-4-5-6-7-8-9-10-11-12-13-14-15-18-22-19-16-17-20(2)21(22)3;/h16-17,19H,4-15,18H2,1-3H3;1H/q+1;. The van der Waals surface area contributed by atoms with Crippen LogP contribution in [0.1, 0.15) is 95.2 Å². The molecule has 1 aromatic heterocycles. The molecule has 1 nitrogen and oxygen atoms in total. The van der Waals surface area contributed by atoms with Crippen LogP contribution in [0.3, 0.4) is 0 Å². The second-order valence-corrected chi connectivity index (χ2v) is 6.86. The van der Waals surface area contributed by atoms with Crippen LogP contribution in [0.15, 0.2) is 18.3 Å². The summed E-state index contributed by atoms with van der Waals surface area (Å²) in [5, 5.41) is 0. The predicted octanol–water partition coefficient (Wildman–Crippen LogP) is 6.71. The lowest BCUT2D eigenvalue weighted by Gasteiger charge is -2.04. The summed E-state index contributed by atoms with van der Waals surface area (Å²) in [6, 6.07) is 4.37. The molecule has 0 saturated heterocycles. The molecule has 2 heteroatoms. The normalized spacial score (nSPS) is 10.6. The van der Waals surface area contributed by atoms with E-state index in [4.69, 9.17) is 0 Å². The number of rotatable bonds is 13. The molecule has 134 valence electrons. The van der Waals surface area contributed by atoms with Gasteiger partial charge in [-0.1, -0.05) is 71.1 Å². The lowest BCUT2D eigenvalue weighted by Crippen LogP contribution is -2.37. The fourth-order valence-corrected chi connectivity index (χ4v) is 3.12. The zero-order chi connectivity index (χ0) is 16.0. The molecule has 0 aromatic carbocycles. The van der Waals surface area contributed by atoms with Crippen molar-refractivity contribution in [2.45, 2.75) is 104 Å². The quantitative estimate of drug-likeness (QED) is 0.277. The Morgan fingerprint density at radius 2 is 1.22 bits per heavy atom. The van der Waals surface area contributed by atoms with E-state index in [0.29, 0.717) is 0 Å². The molecule has 0 aliphatic heterocycles. The molecule has 0 radical (unpaired) electrons. The van der Waals surface area contributed by atoms with Gasteiger partial charge >= 0.3 is 0 Å². The molecule has 0 aliphatic carbocycles. The number of pyridine rings is 1. The van der Waals surface area contributed by atoms with E-state index in [1.807, 2.05) is 0 Å². The van der Waals surface area contributed by atoms with Crippen molar-refractivity contribution in [3.8, 4) is 0 Å². The highest BCUT2D eigenvalue weighted by Crippen LogP contribution is 2.12. The third-order valence-corrected chi connectivity index (χ3v) is 4.87. The topological polar surface area (TPSA) is 3.88 Å². The Balaban J connectivity index is 0.00000484. The minimum Gasteiger partial charge on any atom is -0.202 e. The van der Waals surface area contributed by atoms with Gasteiger partial charge in [-0.2, -0.15) is 0 Å². The number of nitrogens with zero attached hydrogens (tertiary/aromatic N) is 1. The zero-order valence-corrected chi connectivity index (χ0v) is 16.6. The minimum absolute atomic E-state index is 0. The second-order valence-electron chi connectivity index (χ2n) is 6.86. The zero-order valence-electron chi connectivity index (χ0n) is 15.8. The van der Waals surface area contributed by atoms with E-state index in [1.165, 1.54) is 94.9 Å². The molecule has 0 spiro atoms. The van der Waals surface area contributed by atoms with Gasteiger partial charge in [-0.15, -0.1) is 12.4 Å². The average molecular weight is 341 g/mol. The van der Waals surface area contributed by atoms with Gasteiger partial charge in [-0.25, -0.2) is 4.57 Å². The summed E-state index contributed by atoms with van der Waals surface area (Å²) >= 11 is 0. The third kappa shape index (κ3) is 10.8. The fraction of sp³-hybridized carbons (Fsp3) is 0.762. The summed E-state index contributed by atoms with van der Waals surface area (Å²) in [6.07, 6.45) is 19.3. The first-order chi connectivity index (χ1) is 10.8. The molecule has 1 heterocycles. The molecular weight excluding hydrogens is 302 g/mol. The molecule has 0 aliphatic rings. The van der Waals surface area contributed by atoms with E-state index in [1.54, 1.807) is 0 Å². The van der Waals surface area contributed by atoms with Gasteiger partial charge in [0.25, 0.3) is 0 Å². The Labute approximate surface area is 151 Å². The summed E-state index contributed by atoms with van der Waals surface area (Å²) in [7, 11) is 0. The van der Waals surface area contributed by atoms with E-state index in [2.05, 4.69) is 43.7 Å². The van der Waals surface area contributed by atoms with Crippen LogP contribution in [0.4, 0.5) is 0 Å². The SMILES string of the molecule is CCCCCCCCCCCCCC[n+]1cccc(C)c1C.Cl. The highest BCUT2D eigenvalue weighted by Gasteiger charge is 2.06. The first-order valence-electron chi connectivity index (χ1n) is 9.71. The van der Waals surface area contributed by atoms with Crippen molar-refractivity contribution < 1.29 is 4.57 Å². The molecular formula is C21H39ClN+. The first kappa shape index (κ1) is 22.4. The summed E-state index contributed by atoms with van der Waals surface area (Å²) in [5.41, 5.74) is 2.83. The largest absolute Gasteiger partial charge is 0.202 e. The molecule has 0 fully saturated rings. The number of hydrogen-bond acceptors (Lipinski definition) is 0. The van der Waals surface area contributed by atoms with Crippen molar-refractivity contribution in [1.82, 2.24) is 0 Å². The molecule has 0 amide bonds. The number of aryl methyl sites for hydroxylation is 2. The highest BCUT2D eigenvalue weighted by atomic mass is 35.5. The Kier molecular flexibility index (Phi) is 14.6. The molecule has 0 N–H and O–H groups in total. The van der Waals surface area contributed by atoms with Crippen molar-refractivity contribution in [3.05, 3.63) is 29.6 Å². The van der Waals surface area contributed by atoms with Crippen LogP contribution < -0.4 is 4.57 Å². The molecule has 0 bridgehead atoms. The predicted molar refractivity (Wildman–Crippen MR) is 104 cm³/mol. The van der Waals surface area contributed by atoms with Gasteiger partial charge in [0, 0.05) is 25.0 Å². The van der Waals surface area contributed by atoms with Crippen molar-refractivity contribution >= 4 is 12.4 Å². The van der Waals surface area contributed by atoms with Crippen LogP contribution >= 0.6 is 12.4 Å². The van der Waals surface area contributed by atoms with Gasteiger partial charge < -0.3 is 0 Å². The lowest BCUT2D eigenvalue weighted by molar-refractivity contribution is -0.703. The Hall–Kier alpha value is -0.560. The first-order valence-corrected chi connectivity index (χ1v) is 9.71. The second kappa shape index (κ2) is 15.0. The van der Waals surface area contributed by atoms with Crippen LogP contribution in [-0.2, 0) is 6.54 Å². The van der Waals surface area contributed by atoms with Gasteiger partial charge in [0.1, 0.15) is 6.54 Å². The number of aromatic nitrogens is 1. The number of unbranched alkanes of at least 4 members (excludes halogenated alkanes) is 11. The maximum absolute atomic E-state index is 2.41. The molecule has 1 rings (SSSR count). The van der Waals surface area contributed by atoms with Crippen molar-refractivity contribution in [2.75, 3.05) is 0 Å². The van der Waals surface area contributed by atoms with E-state index in [9.17, 15) is 0 Å². The van der Waals surface area contributed by atoms with Gasteiger partial charge in [-0.05, 0) is 19.4 Å². The van der Waals surface area contributed by atoms with Crippen LogP contribution in [0, 0.1) is 13.8 Å². The van der Waals surface area contributed by atoms with Crippen LogP contribution in [0.5, 0.6) is 0 Å². The lowest BCUT2D eigenvalue weighted by atomic mass is 10.1. The van der Waals surface area contributed by atoms with E-state index in [0.717, 1.165) is 0 Å². The van der Waals surface area contributed by atoms with E-state index >= 15 is 0 Å². The van der Waals surface area contributed by atoms with Gasteiger partial charge in [0.15, 0.2) is 11.9 Å². The maximum atomic E-state index is 2.41. The molecule has 23 heavy (non-hydrogen) atoms. The summed E-state index contributed by atoms with van der Waals surface area (Å²) in [6.45, 7) is 7.91. The van der Waals surface area contributed by atoms with Crippen LogP contribution in [0.2, 0.25) is 0 Å². The number of halogens is 1. The molecule has 0 atom stereocenters. The van der Waals surface area contributed by atoms with Crippen LogP contribution in [0.25, 0.3) is 0 Å². The Morgan fingerprint density at radius 1 is 0.739 bits per heavy atom. The van der Waals surface area contributed by atoms with Crippen molar-refractivity contribution in [2.24, 2.45) is 0 Å². The van der Waals surface area contributed by atoms with E-state index < -0.39 is 0 Å². The monoisotopic (exact) mass is 340 g/mol. The minimum atomic E-state index is 0. The smallest absolute Gasteiger partial charge is 0.181 e.